The summed E-state index contributed by atoms with van der Waals surface area (Å²) < 4.78 is 1.88. The summed E-state index contributed by atoms with van der Waals surface area (Å²) in [5, 5.41) is 6.62. The Morgan fingerprint density at radius 3 is 2.79 bits per heavy atom. The SMILES string of the molecule is O=C(Cn1c(C2CC(=O)N(c3ccc(Cl)cc3)C2)nc2ccccc21)NN=Cc1cccs1. The number of thiophene rings is 1. The highest BCUT2D eigenvalue weighted by Crippen LogP contribution is 2.33. The molecular weight excluding hydrogens is 458 g/mol. The molecule has 1 atom stereocenters. The van der Waals surface area contributed by atoms with Gasteiger partial charge >= 0.3 is 0 Å². The van der Waals surface area contributed by atoms with Crippen LogP contribution in [-0.2, 0) is 16.1 Å². The van der Waals surface area contributed by atoms with Gasteiger partial charge in [0, 0.05) is 34.5 Å². The number of benzene rings is 2. The van der Waals surface area contributed by atoms with E-state index in [4.69, 9.17) is 16.6 Å². The van der Waals surface area contributed by atoms with E-state index in [0.717, 1.165) is 27.4 Å². The van der Waals surface area contributed by atoms with Crippen LogP contribution in [0.5, 0.6) is 0 Å². The summed E-state index contributed by atoms with van der Waals surface area (Å²) >= 11 is 7.54. The fourth-order valence-electron chi connectivity index (χ4n) is 4.03. The molecule has 0 saturated carbocycles. The van der Waals surface area contributed by atoms with Crippen LogP contribution in [0.25, 0.3) is 11.0 Å². The predicted octanol–water partition coefficient (Wildman–Crippen LogP) is 4.42. The lowest BCUT2D eigenvalue weighted by Gasteiger charge is -2.17. The van der Waals surface area contributed by atoms with E-state index in [-0.39, 0.29) is 24.3 Å². The zero-order valence-corrected chi connectivity index (χ0v) is 19.1. The Morgan fingerprint density at radius 2 is 2.00 bits per heavy atom. The maximum Gasteiger partial charge on any atom is 0.260 e. The number of hydrogen-bond acceptors (Lipinski definition) is 5. The number of carbonyl (C=O) groups excluding carboxylic acids is 2. The summed E-state index contributed by atoms with van der Waals surface area (Å²) in [7, 11) is 0. The van der Waals surface area contributed by atoms with Gasteiger partial charge in [-0.2, -0.15) is 5.10 Å². The lowest BCUT2D eigenvalue weighted by Crippen LogP contribution is -2.26. The Morgan fingerprint density at radius 1 is 1.18 bits per heavy atom. The minimum absolute atomic E-state index is 0.0194. The molecule has 33 heavy (non-hydrogen) atoms. The van der Waals surface area contributed by atoms with Crippen LogP contribution in [0.2, 0.25) is 5.02 Å². The van der Waals surface area contributed by atoms with Gasteiger partial charge in [-0.25, -0.2) is 10.4 Å². The summed E-state index contributed by atoms with van der Waals surface area (Å²) in [4.78, 5) is 33.0. The zero-order chi connectivity index (χ0) is 22.8. The van der Waals surface area contributed by atoms with Crippen molar-refractivity contribution < 1.29 is 9.59 Å². The second-order valence-corrected chi connectivity index (χ2v) is 9.15. The molecule has 9 heteroatoms. The van der Waals surface area contributed by atoms with Gasteiger partial charge in [0.2, 0.25) is 5.91 Å². The molecule has 1 unspecified atom stereocenters. The number of fused-ring (bicyclic) bond motifs is 1. The number of imidazole rings is 1. The molecule has 1 fully saturated rings. The Bertz CT molecular complexity index is 1330. The number of carbonyl (C=O) groups is 2. The van der Waals surface area contributed by atoms with Crippen molar-refractivity contribution in [1.82, 2.24) is 15.0 Å². The number of anilines is 1. The van der Waals surface area contributed by atoms with Gasteiger partial charge in [-0.15, -0.1) is 11.3 Å². The van der Waals surface area contributed by atoms with Crippen LogP contribution in [0.4, 0.5) is 5.69 Å². The van der Waals surface area contributed by atoms with E-state index in [1.807, 2.05) is 58.5 Å². The van der Waals surface area contributed by atoms with Crippen molar-refractivity contribution >= 4 is 57.7 Å². The molecule has 1 saturated heterocycles. The molecule has 7 nitrogen and oxygen atoms in total. The van der Waals surface area contributed by atoms with Gasteiger partial charge in [-0.1, -0.05) is 29.8 Å². The van der Waals surface area contributed by atoms with Crippen LogP contribution in [0.3, 0.4) is 0 Å². The minimum atomic E-state index is -0.258. The molecule has 4 aromatic rings. The fourth-order valence-corrected chi connectivity index (χ4v) is 4.75. The molecule has 1 aliphatic rings. The second kappa shape index (κ2) is 9.17. The standard InChI is InChI=1S/C24H20ClN5O2S/c25-17-7-9-18(10-8-17)29-14-16(12-23(29)32)24-27-20-5-1-2-6-21(20)30(24)15-22(31)28-26-13-19-4-3-11-33-19/h1-11,13,16H,12,14-15H2,(H,28,31). The molecule has 0 radical (unpaired) electrons. The number of para-hydroxylation sites is 2. The smallest absolute Gasteiger partial charge is 0.260 e. The van der Waals surface area contributed by atoms with E-state index in [1.165, 1.54) is 0 Å². The van der Waals surface area contributed by atoms with Gasteiger partial charge in [0.25, 0.3) is 5.91 Å². The van der Waals surface area contributed by atoms with Gasteiger partial charge in [-0.3, -0.25) is 9.59 Å². The van der Waals surface area contributed by atoms with E-state index in [9.17, 15) is 9.59 Å². The average Bonchev–Trinajstić information content (AvgIpc) is 3.54. The quantitative estimate of drug-likeness (QED) is 0.329. The Balaban J connectivity index is 1.39. The number of rotatable bonds is 6. The van der Waals surface area contributed by atoms with E-state index in [1.54, 1.807) is 34.6 Å². The molecule has 2 amide bonds. The van der Waals surface area contributed by atoms with Crippen LogP contribution in [0.15, 0.2) is 71.1 Å². The summed E-state index contributed by atoms with van der Waals surface area (Å²) in [5.74, 6) is 0.346. The van der Waals surface area contributed by atoms with Crippen molar-refractivity contribution in [3.63, 3.8) is 0 Å². The Kier molecular flexibility index (Phi) is 5.93. The molecular formula is C24H20ClN5O2S. The summed E-state index contributed by atoms with van der Waals surface area (Å²) in [5.41, 5.74) is 5.03. The van der Waals surface area contributed by atoms with Crippen molar-refractivity contribution in [2.75, 3.05) is 11.4 Å². The number of nitrogens with one attached hydrogen (secondary N) is 1. The van der Waals surface area contributed by atoms with Crippen LogP contribution < -0.4 is 10.3 Å². The maximum atomic E-state index is 12.8. The fraction of sp³-hybridized carbons (Fsp3) is 0.167. The Labute approximate surface area is 199 Å². The third-order valence-corrected chi connectivity index (χ3v) is 6.60. The van der Waals surface area contributed by atoms with Crippen molar-refractivity contribution in [2.45, 2.75) is 18.9 Å². The highest BCUT2D eigenvalue weighted by molar-refractivity contribution is 7.11. The number of hydrazone groups is 1. The molecule has 0 bridgehead atoms. The number of nitrogens with zero attached hydrogens (tertiary/aromatic N) is 4. The van der Waals surface area contributed by atoms with Gasteiger partial charge in [0.15, 0.2) is 0 Å². The van der Waals surface area contributed by atoms with E-state index in [2.05, 4.69) is 10.5 Å². The first-order valence-electron chi connectivity index (χ1n) is 10.4. The van der Waals surface area contributed by atoms with Crippen molar-refractivity contribution in [3.05, 3.63) is 81.8 Å². The number of halogens is 1. The van der Waals surface area contributed by atoms with E-state index >= 15 is 0 Å². The van der Waals surface area contributed by atoms with Crippen molar-refractivity contribution in [3.8, 4) is 0 Å². The van der Waals surface area contributed by atoms with Gasteiger partial charge in [0.05, 0.1) is 17.2 Å². The lowest BCUT2D eigenvalue weighted by atomic mass is 10.1. The number of amides is 2. The Hall–Kier alpha value is -3.49. The highest BCUT2D eigenvalue weighted by atomic mass is 35.5. The first-order chi connectivity index (χ1) is 16.1. The van der Waals surface area contributed by atoms with Gasteiger partial charge in [-0.05, 0) is 47.8 Å². The summed E-state index contributed by atoms with van der Waals surface area (Å²) in [6.07, 6.45) is 1.94. The van der Waals surface area contributed by atoms with Crippen LogP contribution in [0.1, 0.15) is 23.0 Å². The second-order valence-electron chi connectivity index (χ2n) is 7.74. The largest absolute Gasteiger partial charge is 0.318 e. The highest BCUT2D eigenvalue weighted by Gasteiger charge is 2.35. The normalized spacial score (nSPS) is 16.2. The van der Waals surface area contributed by atoms with Gasteiger partial charge < -0.3 is 9.47 Å². The molecule has 3 heterocycles. The maximum absolute atomic E-state index is 12.8. The van der Waals surface area contributed by atoms with Crippen LogP contribution in [0, 0.1) is 0 Å². The topological polar surface area (TPSA) is 79.6 Å². The van der Waals surface area contributed by atoms with Crippen LogP contribution in [-0.4, -0.2) is 34.1 Å². The molecule has 5 rings (SSSR count). The molecule has 1 N–H and O–H groups in total. The first kappa shape index (κ1) is 21.4. The summed E-state index contributed by atoms with van der Waals surface area (Å²) in [6.45, 7) is 0.547. The van der Waals surface area contributed by atoms with Crippen molar-refractivity contribution in [1.29, 1.82) is 0 Å². The average molecular weight is 478 g/mol. The third-order valence-electron chi connectivity index (χ3n) is 5.54. The lowest BCUT2D eigenvalue weighted by molar-refractivity contribution is -0.121. The molecule has 2 aromatic heterocycles. The molecule has 0 aliphatic carbocycles. The summed E-state index contributed by atoms with van der Waals surface area (Å²) in [6, 6.07) is 18.7. The third kappa shape index (κ3) is 4.53. The van der Waals surface area contributed by atoms with Crippen LogP contribution >= 0.6 is 22.9 Å². The molecule has 1 aliphatic heterocycles. The van der Waals surface area contributed by atoms with E-state index in [0.29, 0.717) is 18.0 Å². The van der Waals surface area contributed by atoms with E-state index < -0.39 is 0 Å². The first-order valence-corrected chi connectivity index (χ1v) is 11.7. The monoisotopic (exact) mass is 477 g/mol. The molecule has 166 valence electrons. The molecule has 2 aromatic carbocycles. The van der Waals surface area contributed by atoms with Crippen molar-refractivity contribution in [2.24, 2.45) is 5.10 Å². The molecule has 0 spiro atoms. The number of aromatic nitrogens is 2. The van der Waals surface area contributed by atoms with Gasteiger partial charge in [0.1, 0.15) is 12.4 Å². The zero-order valence-electron chi connectivity index (χ0n) is 17.5. The predicted molar refractivity (Wildman–Crippen MR) is 131 cm³/mol. The minimum Gasteiger partial charge on any atom is -0.318 e. The number of hydrogen-bond donors (Lipinski definition) is 1.